The minimum atomic E-state index is -3.53. The van der Waals surface area contributed by atoms with E-state index < -0.39 is 16.1 Å². The molecule has 0 atom stereocenters. The fourth-order valence-electron chi connectivity index (χ4n) is 1.60. The molecular weight excluding hydrogens is 298 g/mol. The normalized spacial score (nSPS) is 11.5. The first-order valence-corrected chi connectivity index (χ1v) is 7.72. The molecule has 0 aliphatic heterocycles. The minimum Gasteiger partial charge on any atom is -0.481 e. The van der Waals surface area contributed by atoms with Crippen molar-refractivity contribution in [2.75, 3.05) is 6.26 Å². The van der Waals surface area contributed by atoms with Crippen LogP contribution in [0.3, 0.4) is 0 Å². The maximum Gasteiger partial charge on any atom is 0.307 e. The van der Waals surface area contributed by atoms with Crippen molar-refractivity contribution in [1.82, 2.24) is 15.0 Å². The molecule has 0 unspecified atom stereocenters. The number of nitrogens with zero attached hydrogens (tertiary/aromatic N) is 3. The summed E-state index contributed by atoms with van der Waals surface area (Å²) in [5.41, 5.74) is 1.73. The van der Waals surface area contributed by atoms with Crippen molar-refractivity contribution in [2.45, 2.75) is 13.0 Å². The van der Waals surface area contributed by atoms with E-state index in [4.69, 9.17) is 5.11 Å². The SMILES string of the molecule is CS(=O)(=O)OCc1cn(-c2ccc(CC(=O)O)cc2)nn1. The van der Waals surface area contributed by atoms with Gasteiger partial charge in [-0.3, -0.25) is 8.98 Å². The Morgan fingerprint density at radius 1 is 1.33 bits per heavy atom. The van der Waals surface area contributed by atoms with Crippen LogP contribution >= 0.6 is 0 Å². The minimum absolute atomic E-state index is 0.0505. The molecule has 0 saturated heterocycles. The predicted molar refractivity (Wildman–Crippen MR) is 72.3 cm³/mol. The summed E-state index contributed by atoms with van der Waals surface area (Å²) < 4.78 is 27.8. The van der Waals surface area contributed by atoms with Crippen molar-refractivity contribution in [2.24, 2.45) is 0 Å². The number of hydrogen-bond donors (Lipinski definition) is 1. The van der Waals surface area contributed by atoms with Crippen LogP contribution in [0.5, 0.6) is 0 Å². The molecule has 0 fully saturated rings. The maximum atomic E-state index is 10.9. The zero-order chi connectivity index (χ0) is 15.5. The second-order valence-electron chi connectivity index (χ2n) is 4.36. The lowest BCUT2D eigenvalue weighted by Gasteiger charge is -2.01. The quantitative estimate of drug-likeness (QED) is 0.767. The molecule has 2 rings (SSSR count). The van der Waals surface area contributed by atoms with Gasteiger partial charge in [-0.05, 0) is 17.7 Å². The molecule has 0 radical (unpaired) electrons. The Bertz CT molecular complexity index is 737. The van der Waals surface area contributed by atoms with E-state index in [0.717, 1.165) is 6.26 Å². The van der Waals surface area contributed by atoms with Crippen LogP contribution in [0.25, 0.3) is 5.69 Å². The number of aromatic nitrogens is 3. The summed E-state index contributed by atoms with van der Waals surface area (Å²) in [6.45, 7) is -0.185. The van der Waals surface area contributed by atoms with Gasteiger partial charge in [0.15, 0.2) is 0 Å². The third kappa shape index (κ3) is 4.65. The Hall–Kier alpha value is -2.26. The van der Waals surface area contributed by atoms with E-state index in [0.29, 0.717) is 16.9 Å². The summed E-state index contributed by atoms with van der Waals surface area (Å²) in [6, 6.07) is 6.76. The van der Waals surface area contributed by atoms with Crippen LogP contribution in [-0.4, -0.2) is 40.7 Å². The molecule has 0 aliphatic carbocycles. The van der Waals surface area contributed by atoms with Gasteiger partial charge in [-0.15, -0.1) is 5.10 Å². The molecule has 2 aromatic rings. The van der Waals surface area contributed by atoms with Crippen LogP contribution in [0.1, 0.15) is 11.3 Å². The largest absolute Gasteiger partial charge is 0.481 e. The topological polar surface area (TPSA) is 111 Å². The third-order valence-electron chi connectivity index (χ3n) is 2.52. The average molecular weight is 311 g/mol. The molecule has 0 saturated carbocycles. The van der Waals surface area contributed by atoms with E-state index in [1.165, 1.54) is 10.9 Å². The van der Waals surface area contributed by atoms with Gasteiger partial charge in [0.2, 0.25) is 0 Å². The van der Waals surface area contributed by atoms with Gasteiger partial charge in [0.05, 0.1) is 24.6 Å². The zero-order valence-electron chi connectivity index (χ0n) is 11.1. The van der Waals surface area contributed by atoms with Crippen molar-refractivity contribution in [3.05, 3.63) is 41.7 Å². The van der Waals surface area contributed by atoms with Crippen molar-refractivity contribution in [1.29, 1.82) is 0 Å². The number of benzene rings is 1. The molecule has 9 heteroatoms. The molecule has 1 heterocycles. The number of carboxylic acid groups (broad SMARTS) is 1. The first-order chi connectivity index (χ1) is 9.83. The van der Waals surface area contributed by atoms with Gasteiger partial charge in [-0.1, -0.05) is 17.3 Å². The Morgan fingerprint density at radius 2 is 2.00 bits per heavy atom. The number of rotatable bonds is 6. The summed E-state index contributed by atoms with van der Waals surface area (Å²) >= 11 is 0. The number of carboxylic acids is 1. The Morgan fingerprint density at radius 3 is 2.57 bits per heavy atom. The maximum absolute atomic E-state index is 10.9. The standard InChI is InChI=1S/C12H13N3O5S/c1-21(18,19)20-8-10-7-15(14-13-10)11-4-2-9(3-5-11)6-12(16)17/h2-5,7H,6,8H2,1H3,(H,16,17). The highest BCUT2D eigenvalue weighted by Crippen LogP contribution is 2.10. The first kappa shape index (κ1) is 15.1. The van der Waals surface area contributed by atoms with Crippen molar-refractivity contribution in [3.8, 4) is 5.69 Å². The van der Waals surface area contributed by atoms with Crippen LogP contribution in [0.15, 0.2) is 30.5 Å². The van der Waals surface area contributed by atoms with E-state index in [-0.39, 0.29) is 13.0 Å². The lowest BCUT2D eigenvalue weighted by Crippen LogP contribution is -2.02. The van der Waals surface area contributed by atoms with Gasteiger partial charge in [0, 0.05) is 0 Å². The van der Waals surface area contributed by atoms with Gasteiger partial charge >= 0.3 is 5.97 Å². The van der Waals surface area contributed by atoms with Gasteiger partial charge in [-0.25, -0.2) is 4.68 Å². The molecule has 0 bridgehead atoms. The van der Waals surface area contributed by atoms with Gasteiger partial charge in [0.1, 0.15) is 12.3 Å². The second-order valence-corrected chi connectivity index (χ2v) is 6.00. The smallest absolute Gasteiger partial charge is 0.307 e. The van der Waals surface area contributed by atoms with Crippen LogP contribution in [-0.2, 0) is 32.1 Å². The summed E-state index contributed by atoms with van der Waals surface area (Å²) in [4.78, 5) is 10.6. The summed E-state index contributed by atoms with van der Waals surface area (Å²) in [5.74, 6) is -0.899. The van der Waals surface area contributed by atoms with Gasteiger partial charge < -0.3 is 5.11 Å². The number of hydrogen-bond acceptors (Lipinski definition) is 6. The molecule has 21 heavy (non-hydrogen) atoms. The fraction of sp³-hybridized carbons (Fsp3) is 0.250. The van der Waals surface area contributed by atoms with Gasteiger partial charge in [0.25, 0.3) is 10.1 Å². The monoisotopic (exact) mass is 311 g/mol. The van der Waals surface area contributed by atoms with Crippen molar-refractivity contribution < 1.29 is 22.5 Å². The van der Waals surface area contributed by atoms with E-state index in [2.05, 4.69) is 14.5 Å². The van der Waals surface area contributed by atoms with Gasteiger partial charge in [-0.2, -0.15) is 8.42 Å². The highest BCUT2D eigenvalue weighted by molar-refractivity contribution is 7.85. The van der Waals surface area contributed by atoms with Crippen molar-refractivity contribution in [3.63, 3.8) is 0 Å². The molecule has 1 N–H and O–H groups in total. The summed E-state index contributed by atoms with van der Waals surface area (Å²) in [6.07, 6.45) is 2.45. The lowest BCUT2D eigenvalue weighted by molar-refractivity contribution is -0.136. The average Bonchev–Trinajstić information content (AvgIpc) is 2.84. The number of aliphatic carboxylic acids is 1. The van der Waals surface area contributed by atoms with E-state index in [1.54, 1.807) is 24.3 Å². The Labute approximate surface area is 121 Å². The highest BCUT2D eigenvalue weighted by Gasteiger charge is 2.08. The van der Waals surface area contributed by atoms with Crippen LogP contribution in [0, 0.1) is 0 Å². The van der Waals surface area contributed by atoms with E-state index in [9.17, 15) is 13.2 Å². The second kappa shape index (κ2) is 6.02. The molecule has 0 amide bonds. The van der Waals surface area contributed by atoms with Crippen LogP contribution < -0.4 is 0 Å². The number of carbonyl (C=O) groups is 1. The van der Waals surface area contributed by atoms with Crippen molar-refractivity contribution >= 4 is 16.1 Å². The molecule has 8 nitrogen and oxygen atoms in total. The molecule has 0 aliphatic rings. The highest BCUT2D eigenvalue weighted by atomic mass is 32.2. The van der Waals surface area contributed by atoms with E-state index in [1.807, 2.05) is 0 Å². The zero-order valence-corrected chi connectivity index (χ0v) is 11.9. The Kier molecular flexibility index (Phi) is 4.34. The lowest BCUT2D eigenvalue weighted by atomic mass is 10.1. The van der Waals surface area contributed by atoms with E-state index >= 15 is 0 Å². The first-order valence-electron chi connectivity index (χ1n) is 5.90. The molecule has 0 spiro atoms. The molecular formula is C12H13N3O5S. The molecule has 1 aromatic carbocycles. The summed E-state index contributed by atoms with van der Waals surface area (Å²) in [7, 11) is -3.53. The molecule has 112 valence electrons. The van der Waals surface area contributed by atoms with Crippen LogP contribution in [0.2, 0.25) is 0 Å². The predicted octanol–water partition coefficient (Wildman–Crippen LogP) is 0.371. The third-order valence-corrected chi connectivity index (χ3v) is 3.06. The Balaban J connectivity index is 2.08. The summed E-state index contributed by atoms with van der Waals surface area (Å²) in [5, 5.41) is 16.3. The fourth-order valence-corrected chi connectivity index (χ4v) is 1.93. The van der Waals surface area contributed by atoms with Crippen LogP contribution in [0.4, 0.5) is 0 Å². The molecule has 1 aromatic heterocycles.